The summed E-state index contributed by atoms with van der Waals surface area (Å²) in [7, 11) is 1.31. The average Bonchev–Trinajstić information content (AvgIpc) is 2.67. The topological polar surface area (TPSA) is 64.1 Å². The number of aromatic amines is 1. The number of aromatic nitrogens is 2. The van der Waals surface area contributed by atoms with Gasteiger partial charge in [0.25, 0.3) is 5.56 Å². The van der Waals surface area contributed by atoms with Crippen LogP contribution in [0.15, 0.2) is 10.2 Å². The van der Waals surface area contributed by atoms with Gasteiger partial charge >= 0.3 is 5.97 Å². The molecule has 2 rings (SSSR count). The Kier molecular flexibility index (Phi) is 3.12. The van der Waals surface area contributed by atoms with Crippen LogP contribution in [0.2, 0.25) is 0 Å². The summed E-state index contributed by atoms with van der Waals surface area (Å²) in [5, 5.41) is 1.86. The van der Waals surface area contributed by atoms with E-state index >= 15 is 0 Å². The zero-order valence-electron chi connectivity index (χ0n) is 9.27. The first kappa shape index (κ1) is 12.0. The summed E-state index contributed by atoms with van der Waals surface area (Å²) in [6.07, 6.45) is 0. The van der Waals surface area contributed by atoms with Gasteiger partial charge < -0.3 is 9.30 Å². The Balaban J connectivity index is 2.77. The number of hydrogen-bond donors (Lipinski definition) is 1. The van der Waals surface area contributed by atoms with Crippen molar-refractivity contribution in [1.29, 1.82) is 0 Å². The van der Waals surface area contributed by atoms with Crippen LogP contribution in [0.5, 0.6) is 0 Å². The molecule has 0 aliphatic heterocycles. The maximum Gasteiger partial charge on any atom is 0.325 e. The van der Waals surface area contributed by atoms with Gasteiger partial charge in [-0.05, 0) is 30.1 Å². The highest BCUT2D eigenvalue weighted by Crippen LogP contribution is 2.21. The van der Waals surface area contributed by atoms with E-state index < -0.39 is 5.97 Å². The molecular weight excluding hydrogens is 260 g/mol. The standard InChI is InChI=1S/C10H10N2O3S2/c1-5-4-17-8-7(5)12(3-6(13)15-2)10(16)11-9(8)14/h4H,3H2,1-2H3,(H,11,14,16). The number of nitrogens with one attached hydrogen (secondary N) is 1. The first-order valence-corrected chi connectivity index (χ1v) is 6.11. The van der Waals surface area contributed by atoms with E-state index in [-0.39, 0.29) is 16.9 Å². The van der Waals surface area contributed by atoms with E-state index in [1.807, 2.05) is 12.3 Å². The first-order chi connectivity index (χ1) is 8.04. The lowest BCUT2D eigenvalue weighted by Crippen LogP contribution is -2.18. The summed E-state index contributed by atoms with van der Waals surface area (Å²) in [6.45, 7) is 1.88. The Morgan fingerprint density at radius 2 is 2.35 bits per heavy atom. The number of methoxy groups -OCH3 is 1. The van der Waals surface area contributed by atoms with E-state index in [0.717, 1.165) is 5.56 Å². The summed E-state index contributed by atoms with van der Waals surface area (Å²) in [6, 6.07) is 0. The number of hydrogen-bond acceptors (Lipinski definition) is 5. The van der Waals surface area contributed by atoms with Crippen LogP contribution in [-0.4, -0.2) is 22.6 Å². The molecule has 2 aromatic heterocycles. The van der Waals surface area contributed by atoms with Gasteiger partial charge in [-0.25, -0.2) is 0 Å². The summed E-state index contributed by atoms with van der Waals surface area (Å²) < 4.78 is 7.00. The second-order valence-electron chi connectivity index (χ2n) is 3.52. The van der Waals surface area contributed by atoms with Gasteiger partial charge in [0.15, 0.2) is 4.77 Å². The molecule has 7 heteroatoms. The maximum atomic E-state index is 11.7. The predicted octanol–water partition coefficient (Wildman–Crippen LogP) is 1.60. The highest BCUT2D eigenvalue weighted by molar-refractivity contribution is 7.71. The maximum absolute atomic E-state index is 11.7. The molecule has 2 heterocycles. The number of nitrogens with zero attached hydrogens (tertiary/aromatic N) is 1. The molecule has 90 valence electrons. The van der Waals surface area contributed by atoms with Crippen LogP contribution in [0, 0.1) is 11.7 Å². The van der Waals surface area contributed by atoms with Crippen molar-refractivity contribution >= 4 is 39.7 Å². The lowest BCUT2D eigenvalue weighted by Gasteiger charge is -2.07. The van der Waals surface area contributed by atoms with Gasteiger partial charge in [-0.3, -0.25) is 14.6 Å². The van der Waals surface area contributed by atoms with Crippen molar-refractivity contribution in [1.82, 2.24) is 9.55 Å². The summed E-state index contributed by atoms with van der Waals surface area (Å²) in [5.74, 6) is -0.403. The molecule has 17 heavy (non-hydrogen) atoms. The molecular formula is C10H10N2O3S2. The molecule has 0 saturated heterocycles. The zero-order chi connectivity index (χ0) is 12.6. The third-order valence-corrected chi connectivity index (χ3v) is 3.81. The van der Waals surface area contributed by atoms with E-state index in [1.54, 1.807) is 4.57 Å². The molecule has 0 amide bonds. The molecule has 0 aliphatic carbocycles. The van der Waals surface area contributed by atoms with Crippen LogP contribution in [0.25, 0.3) is 10.2 Å². The average molecular weight is 270 g/mol. The van der Waals surface area contributed by atoms with Crippen molar-refractivity contribution in [3.05, 3.63) is 26.1 Å². The fourth-order valence-corrected chi connectivity index (χ4v) is 2.80. The Bertz CT molecular complexity index is 696. The smallest absolute Gasteiger partial charge is 0.325 e. The van der Waals surface area contributed by atoms with Crippen LogP contribution in [-0.2, 0) is 16.1 Å². The largest absolute Gasteiger partial charge is 0.468 e. The molecule has 0 aromatic carbocycles. The Morgan fingerprint density at radius 1 is 1.65 bits per heavy atom. The number of esters is 1. The summed E-state index contributed by atoms with van der Waals surface area (Å²) in [5.41, 5.74) is 1.41. The van der Waals surface area contributed by atoms with Gasteiger partial charge in [-0.2, -0.15) is 0 Å². The minimum Gasteiger partial charge on any atom is -0.468 e. The third kappa shape index (κ3) is 2.03. The van der Waals surface area contributed by atoms with Crippen LogP contribution in [0.1, 0.15) is 5.56 Å². The van der Waals surface area contributed by atoms with E-state index in [1.165, 1.54) is 18.4 Å². The molecule has 0 bridgehead atoms. The molecule has 5 nitrogen and oxygen atoms in total. The second-order valence-corrected chi connectivity index (χ2v) is 4.78. The molecule has 0 unspecified atom stereocenters. The number of ether oxygens (including phenoxy) is 1. The number of carbonyl (C=O) groups excluding carboxylic acids is 1. The minimum atomic E-state index is -0.403. The lowest BCUT2D eigenvalue weighted by molar-refractivity contribution is -0.141. The molecule has 0 fully saturated rings. The SMILES string of the molecule is COC(=O)Cn1c(=S)[nH]c(=O)c2scc(C)c21. The first-order valence-electron chi connectivity index (χ1n) is 4.82. The highest BCUT2D eigenvalue weighted by Gasteiger charge is 2.12. The predicted molar refractivity (Wildman–Crippen MR) is 68.0 cm³/mol. The highest BCUT2D eigenvalue weighted by atomic mass is 32.1. The van der Waals surface area contributed by atoms with Crippen LogP contribution < -0.4 is 5.56 Å². The van der Waals surface area contributed by atoms with Crippen molar-refractivity contribution < 1.29 is 9.53 Å². The van der Waals surface area contributed by atoms with Crippen molar-refractivity contribution in [3.8, 4) is 0 Å². The summed E-state index contributed by atoms with van der Waals surface area (Å²) >= 11 is 6.40. The van der Waals surface area contributed by atoms with E-state index in [4.69, 9.17) is 12.2 Å². The Labute approximate surface area is 106 Å². The summed E-state index contributed by atoms with van der Waals surface area (Å²) in [4.78, 5) is 25.5. The number of fused-ring (bicyclic) bond motifs is 1. The normalized spacial score (nSPS) is 10.7. The van der Waals surface area contributed by atoms with Crippen LogP contribution in [0.3, 0.4) is 0 Å². The number of H-pyrrole nitrogens is 1. The Hall–Kier alpha value is -1.47. The molecule has 2 aromatic rings. The van der Waals surface area contributed by atoms with Crippen molar-refractivity contribution in [3.63, 3.8) is 0 Å². The van der Waals surface area contributed by atoms with Crippen molar-refractivity contribution in [2.45, 2.75) is 13.5 Å². The molecule has 0 aliphatic rings. The number of carbonyl (C=O) groups is 1. The lowest BCUT2D eigenvalue weighted by atomic mass is 10.3. The van der Waals surface area contributed by atoms with Crippen molar-refractivity contribution in [2.75, 3.05) is 7.11 Å². The molecule has 0 radical (unpaired) electrons. The second kappa shape index (κ2) is 4.42. The van der Waals surface area contributed by atoms with Crippen LogP contribution in [0.4, 0.5) is 0 Å². The van der Waals surface area contributed by atoms with E-state index in [2.05, 4.69) is 9.72 Å². The third-order valence-electron chi connectivity index (χ3n) is 2.40. The van der Waals surface area contributed by atoms with Gasteiger partial charge in [0, 0.05) is 0 Å². The van der Waals surface area contributed by atoms with Gasteiger partial charge in [-0.15, -0.1) is 11.3 Å². The van der Waals surface area contributed by atoms with Crippen molar-refractivity contribution in [2.24, 2.45) is 0 Å². The van der Waals surface area contributed by atoms with Gasteiger partial charge in [0.05, 0.1) is 12.6 Å². The van der Waals surface area contributed by atoms with E-state index in [9.17, 15) is 9.59 Å². The zero-order valence-corrected chi connectivity index (χ0v) is 10.9. The molecule has 0 atom stereocenters. The number of thiophene rings is 1. The Morgan fingerprint density at radius 3 is 3.00 bits per heavy atom. The molecule has 0 spiro atoms. The molecule has 0 saturated carbocycles. The number of aryl methyl sites for hydroxylation is 1. The monoisotopic (exact) mass is 270 g/mol. The molecule has 1 N–H and O–H groups in total. The fourth-order valence-electron chi connectivity index (χ4n) is 1.60. The van der Waals surface area contributed by atoms with E-state index in [0.29, 0.717) is 10.2 Å². The van der Waals surface area contributed by atoms with Gasteiger partial charge in [0.2, 0.25) is 0 Å². The minimum absolute atomic E-state index is 0.000185. The quantitative estimate of drug-likeness (QED) is 0.665. The number of rotatable bonds is 2. The fraction of sp³-hybridized carbons (Fsp3) is 0.300. The van der Waals surface area contributed by atoms with Crippen LogP contribution >= 0.6 is 23.6 Å². The van der Waals surface area contributed by atoms with Gasteiger partial charge in [-0.1, -0.05) is 0 Å². The van der Waals surface area contributed by atoms with Gasteiger partial charge in [0.1, 0.15) is 11.2 Å².